The quantitative estimate of drug-likeness (QED) is 0.801. The van der Waals surface area contributed by atoms with Crippen LogP contribution < -0.4 is 10.6 Å². The van der Waals surface area contributed by atoms with Gasteiger partial charge in [-0.25, -0.2) is 0 Å². The third-order valence-electron chi connectivity index (χ3n) is 3.66. The summed E-state index contributed by atoms with van der Waals surface area (Å²) in [5, 5.41) is 5.43. The Morgan fingerprint density at radius 2 is 1.88 bits per heavy atom. The molecule has 0 unspecified atom stereocenters. The van der Waals surface area contributed by atoms with Crippen LogP contribution in [0, 0.1) is 0 Å². The first-order chi connectivity index (χ1) is 11.5. The third-order valence-corrected chi connectivity index (χ3v) is 4.39. The molecule has 7 heteroatoms. The Morgan fingerprint density at radius 1 is 1.17 bits per heavy atom. The van der Waals surface area contributed by atoms with Crippen molar-refractivity contribution >= 4 is 35.0 Å². The maximum atomic E-state index is 12.3. The summed E-state index contributed by atoms with van der Waals surface area (Å²) < 4.78 is 24.5. The smallest absolute Gasteiger partial charge is 0.288 e. The lowest BCUT2D eigenvalue weighted by atomic mass is 9.97. The van der Waals surface area contributed by atoms with Crippen LogP contribution >= 0.6 is 11.8 Å². The van der Waals surface area contributed by atoms with Crippen molar-refractivity contribution < 1.29 is 18.4 Å². The maximum absolute atomic E-state index is 12.3. The molecule has 2 N–H and O–H groups in total. The molecule has 2 aromatic carbocycles. The fraction of sp³-hybridized carbons (Fsp3) is 0.176. The van der Waals surface area contributed by atoms with Crippen LogP contribution in [0.15, 0.2) is 53.4 Å². The lowest BCUT2D eigenvalue weighted by Crippen LogP contribution is -2.20. The summed E-state index contributed by atoms with van der Waals surface area (Å²) in [5.41, 5.74) is 2.04. The van der Waals surface area contributed by atoms with E-state index in [0.29, 0.717) is 22.3 Å². The van der Waals surface area contributed by atoms with Gasteiger partial charge in [-0.2, -0.15) is 8.78 Å². The Morgan fingerprint density at radius 3 is 2.58 bits per heavy atom. The number of thioether (sulfide) groups is 1. The molecule has 3 rings (SSSR count). The molecular weight excluding hydrogens is 334 g/mol. The highest BCUT2D eigenvalue weighted by Gasteiger charge is 2.31. The second-order valence-corrected chi connectivity index (χ2v) is 6.35. The van der Waals surface area contributed by atoms with Gasteiger partial charge < -0.3 is 10.6 Å². The fourth-order valence-corrected chi connectivity index (χ4v) is 3.09. The summed E-state index contributed by atoms with van der Waals surface area (Å²) in [6.45, 7) is 0. The van der Waals surface area contributed by atoms with E-state index < -0.39 is 11.7 Å². The number of hydrogen-bond acceptors (Lipinski definition) is 3. The minimum absolute atomic E-state index is 0.0242. The van der Waals surface area contributed by atoms with Crippen molar-refractivity contribution in [1.29, 1.82) is 0 Å². The van der Waals surface area contributed by atoms with Crippen LogP contribution in [-0.4, -0.2) is 17.6 Å². The van der Waals surface area contributed by atoms with Crippen molar-refractivity contribution in [3.05, 3.63) is 54.1 Å². The van der Waals surface area contributed by atoms with E-state index in [0.717, 1.165) is 11.3 Å². The van der Waals surface area contributed by atoms with Crippen molar-refractivity contribution in [2.24, 2.45) is 0 Å². The van der Waals surface area contributed by atoms with Gasteiger partial charge in [0.05, 0.1) is 5.92 Å². The molecule has 0 fully saturated rings. The van der Waals surface area contributed by atoms with Crippen molar-refractivity contribution in [2.45, 2.75) is 23.0 Å². The number of hydrogen-bond donors (Lipinski definition) is 2. The second-order valence-electron chi connectivity index (χ2n) is 5.28. The number of benzene rings is 2. The zero-order valence-electron chi connectivity index (χ0n) is 12.5. The van der Waals surface area contributed by atoms with Crippen LogP contribution in [0.2, 0.25) is 0 Å². The van der Waals surface area contributed by atoms with Gasteiger partial charge in [-0.3, -0.25) is 9.59 Å². The van der Waals surface area contributed by atoms with Crippen LogP contribution in [0.25, 0.3) is 0 Å². The molecule has 0 radical (unpaired) electrons. The van der Waals surface area contributed by atoms with Crippen molar-refractivity contribution in [3.63, 3.8) is 0 Å². The van der Waals surface area contributed by atoms with E-state index in [9.17, 15) is 18.4 Å². The topological polar surface area (TPSA) is 58.2 Å². The monoisotopic (exact) mass is 348 g/mol. The zero-order chi connectivity index (χ0) is 17.1. The molecule has 0 saturated carbocycles. The van der Waals surface area contributed by atoms with E-state index in [1.807, 2.05) is 18.2 Å². The van der Waals surface area contributed by atoms with Crippen LogP contribution in [0.3, 0.4) is 0 Å². The number of anilines is 2. The number of amides is 2. The summed E-state index contributed by atoms with van der Waals surface area (Å²) >= 11 is 0.446. The maximum Gasteiger partial charge on any atom is 0.288 e. The number of nitrogens with one attached hydrogen (secondary N) is 2. The molecule has 0 saturated heterocycles. The van der Waals surface area contributed by atoms with Gasteiger partial charge in [0.2, 0.25) is 11.8 Å². The van der Waals surface area contributed by atoms with E-state index in [1.165, 1.54) is 12.1 Å². The number of alkyl halides is 2. The molecule has 2 aromatic rings. The van der Waals surface area contributed by atoms with E-state index in [2.05, 4.69) is 10.6 Å². The third kappa shape index (κ3) is 3.73. The van der Waals surface area contributed by atoms with Crippen LogP contribution in [0.1, 0.15) is 17.9 Å². The minimum atomic E-state index is -2.48. The number of rotatable bonds is 5. The Kier molecular flexibility index (Phi) is 4.80. The van der Waals surface area contributed by atoms with Gasteiger partial charge in [-0.1, -0.05) is 30.0 Å². The van der Waals surface area contributed by atoms with E-state index in [1.54, 1.807) is 18.2 Å². The average molecular weight is 348 g/mol. The molecule has 1 aliphatic rings. The molecular formula is C17H14F2N2O2S. The minimum Gasteiger partial charge on any atom is -0.326 e. The normalized spacial score (nSPS) is 16.0. The standard InChI is InChI=1S/C17H14F2N2O2S/c18-17(19)24-11-7-5-10(6-8-11)20-15(22)9-13-12-3-1-2-4-14(12)21-16(13)23/h1-8,13,17H,9H2,(H,20,22)(H,21,23)/t13-/m0/s1. The molecule has 2 amide bonds. The fourth-order valence-electron chi connectivity index (χ4n) is 2.60. The lowest BCUT2D eigenvalue weighted by molar-refractivity contribution is -0.122. The molecule has 0 bridgehead atoms. The van der Waals surface area contributed by atoms with Gasteiger partial charge in [-0.15, -0.1) is 0 Å². The first kappa shape index (κ1) is 16.4. The number of carbonyl (C=O) groups is 2. The summed E-state index contributed by atoms with van der Waals surface area (Å²) in [6, 6.07) is 13.4. The molecule has 124 valence electrons. The van der Waals surface area contributed by atoms with Gasteiger partial charge in [0.25, 0.3) is 5.76 Å². The Labute approximate surface area is 141 Å². The Bertz CT molecular complexity index is 765. The Balaban J connectivity index is 1.63. The Hall–Kier alpha value is -2.41. The lowest BCUT2D eigenvalue weighted by Gasteiger charge is -2.10. The SMILES string of the molecule is O=C(C[C@@H]1C(=O)Nc2ccccc21)Nc1ccc(SC(F)F)cc1. The average Bonchev–Trinajstić information content (AvgIpc) is 2.85. The predicted octanol–water partition coefficient (Wildman–Crippen LogP) is 4.07. The predicted molar refractivity (Wildman–Crippen MR) is 89.4 cm³/mol. The van der Waals surface area contributed by atoms with Gasteiger partial charge in [0, 0.05) is 22.7 Å². The largest absolute Gasteiger partial charge is 0.326 e. The van der Waals surface area contributed by atoms with Crippen LogP contribution in [-0.2, 0) is 9.59 Å². The molecule has 4 nitrogen and oxygen atoms in total. The number of halogens is 2. The summed E-state index contributed by atoms with van der Waals surface area (Å²) in [5.74, 6) is -3.50. The highest BCUT2D eigenvalue weighted by Crippen LogP contribution is 2.34. The van der Waals surface area contributed by atoms with Gasteiger partial charge in [0.1, 0.15) is 0 Å². The zero-order valence-corrected chi connectivity index (χ0v) is 13.3. The molecule has 24 heavy (non-hydrogen) atoms. The second kappa shape index (κ2) is 7.00. The number of para-hydroxylation sites is 1. The molecule has 1 atom stereocenters. The summed E-state index contributed by atoms with van der Waals surface area (Å²) in [7, 11) is 0. The highest BCUT2D eigenvalue weighted by atomic mass is 32.2. The van der Waals surface area contributed by atoms with Crippen LogP contribution in [0.4, 0.5) is 20.2 Å². The van der Waals surface area contributed by atoms with Crippen molar-refractivity contribution in [3.8, 4) is 0 Å². The van der Waals surface area contributed by atoms with Crippen LogP contribution in [0.5, 0.6) is 0 Å². The highest BCUT2D eigenvalue weighted by molar-refractivity contribution is 7.99. The molecule has 1 heterocycles. The summed E-state index contributed by atoms with van der Waals surface area (Å²) in [6.07, 6.45) is 0.0242. The summed E-state index contributed by atoms with van der Waals surface area (Å²) in [4.78, 5) is 24.6. The van der Waals surface area contributed by atoms with Gasteiger partial charge in [-0.05, 0) is 35.9 Å². The van der Waals surface area contributed by atoms with E-state index in [-0.39, 0.29) is 18.2 Å². The van der Waals surface area contributed by atoms with Crippen molar-refractivity contribution in [2.75, 3.05) is 10.6 Å². The number of carbonyl (C=O) groups excluding carboxylic acids is 2. The van der Waals surface area contributed by atoms with E-state index >= 15 is 0 Å². The number of fused-ring (bicyclic) bond motifs is 1. The van der Waals surface area contributed by atoms with Gasteiger partial charge >= 0.3 is 0 Å². The van der Waals surface area contributed by atoms with Gasteiger partial charge in [0.15, 0.2) is 0 Å². The first-order valence-electron chi connectivity index (χ1n) is 7.27. The van der Waals surface area contributed by atoms with Crippen molar-refractivity contribution in [1.82, 2.24) is 0 Å². The first-order valence-corrected chi connectivity index (χ1v) is 8.15. The molecule has 0 aromatic heterocycles. The molecule has 1 aliphatic heterocycles. The molecule has 0 aliphatic carbocycles. The van der Waals surface area contributed by atoms with E-state index in [4.69, 9.17) is 0 Å². The molecule has 0 spiro atoms.